The summed E-state index contributed by atoms with van der Waals surface area (Å²) in [7, 11) is 0. The van der Waals surface area contributed by atoms with Crippen molar-refractivity contribution in [1.82, 2.24) is 0 Å². The number of rotatable bonds is 1. The van der Waals surface area contributed by atoms with E-state index in [1.54, 1.807) is 17.8 Å². The van der Waals surface area contributed by atoms with Crippen LogP contribution in [0.15, 0.2) is 52.3 Å². The molecule has 2 aromatic carbocycles. The van der Waals surface area contributed by atoms with Gasteiger partial charge in [-0.05, 0) is 24.3 Å². The van der Waals surface area contributed by atoms with Crippen LogP contribution in [0.25, 0.3) is 0 Å². The first-order valence-corrected chi connectivity index (χ1v) is 5.95. The van der Waals surface area contributed by atoms with Gasteiger partial charge in [-0.25, -0.2) is 0 Å². The maximum atomic E-state index is 11.3. The maximum Gasteiger partial charge on any atom is 0.252 e. The van der Waals surface area contributed by atoms with Gasteiger partial charge < -0.3 is 10.5 Å². The highest BCUT2D eigenvalue weighted by molar-refractivity contribution is 7.99. The van der Waals surface area contributed by atoms with Crippen molar-refractivity contribution in [3.8, 4) is 11.5 Å². The summed E-state index contributed by atoms with van der Waals surface area (Å²) in [4.78, 5) is 13.3. The topological polar surface area (TPSA) is 52.3 Å². The average Bonchev–Trinajstić information content (AvgIpc) is 2.35. The zero-order valence-corrected chi connectivity index (χ0v) is 9.66. The molecule has 0 radical (unpaired) electrons. The Hall–Kier alpha value is -1.94. The van der Waals surface area contributed by atoms with Gasteiger partial charge in [-0.2, -0.15) is 0 Å². The van der Waals surface area contributed by atoms with Crippen molar-refractivity contribution in [1.29, 1.82) is 0 Å². The van der Waals surface area contributed by atoms with E-state index in [4.69, 9.17) is 10.5 Å². The number of carbonyl (C=O) groups is 1. The molecule has 1 amide bonds. The summed E-state index contributed by atoms with van der Waals surface area (Å²) in [5.74, 6) is 0.851. The Morgan fingerprint density at radius 2 is 1.82 bits per heavy atom. The van der Waals surface area contributed by atoms with Gasteiger partial charge in [0.15, 0.2) is 5.75 Å². The fraction of sp³-hybridized carbons (Fsp3) is 0. The number of benzene rings is 2. The van der Waals surface area contributed by atoms with Crippen molar-refractivity contribution in [3.05, 3.63) is 48.0 Å². The minimum atomic E-state index is -0.471. The van der Waals surface area contributed by atoms with E-state index in [1.165, 1.54) is 0 Å². The summed E-state index contributed by atoms with van der Waals surface area (Å²) in [5, 5.41) is 0. The van der Waals surface area contributed by atoms with Gasteiger partial charge in [0.2, 0.25) is 0 Å². The van der Waals surface area contributed by atoms with Crippen LogP contribution in [0, 0.1) is 0 Å². The molecule has 2 aromatic rings. The van der Waals surface area contributed by atoms with Gasteiger partial charge in [-0.15, -0.1) is 0 Å². The lowest BCUT2D eigenvalue weighted by Crippen LogP contribution is -2.13. The third-order valence-corrected chi connectivity index (χ3v) is 3.62. The first kappa shape index (κ1) is 10.2. The van der Waals surface area contributed by atoms with Crippen LogP contribution in [0.3, 0.4) is 0 Å². The van der Waals surface area contributed by atoms with E-state index in [0.29, 0.717) is 11.3 Å². The second kappa shape index (κ2) is 3.82. The second-order valence-electron chi connectivity index (χ2n) is 3.65. The summed E-state index contributed by atoms with van der Waals surface area (Å²) < 4.78 is 5.75. The van der Waals surface area contributed by atoms with Crippen molar-refractivity contribution in [2.24, 2.45) is 5.73 Å². The van der Waals surface area contributed by atoms with Crippen molar-refractivity contribution in [2.45, 2.75) is 9.79 Å². The predicted octanol–water partition coefficient (Wildman–Crippen LogP) is 3.04. The lowest BCUT2D eigenvalue weighted by Gasteiger charge is -2.20. The number of para-hydroxylation sites is 2. The Bertz CT molecular complexity index is 610. The van der Waals surface area contributed by atoms with Gasteiger partial charge in [0.25, 0.3) is 5.91 Å². The zero-order valence-electron chi connectivity index (χ0n) is 8.84. The number of carbonyl (C=O) groups excluding carboxylic acids is 1. The summed E-state index contributed by atoms with van der Waals surface area (Å²) in [5.41, 5.74) is 5.75. The van der Waals surface area contributed by atoms with Crippen molar-refractivity contribution >= 4 is 17.7 Å². The quantitative estimate of drug-likeness (QED) is 0.714. The molecule has 1 aliphatic rings. The summed E-state index contributed by atoms with van der Waals surface area (Å²) in [6.45, 7) is 0. The molecule has 1 aliphatic heterocycles. The minimum absolute atomic E-state index is 0.421. The van der Waals surface area contributed by atoms with E-state index < -0.39 is 5.91 Å². The van der Waals surface area contributed by atoms with Gasteiger partial charge in [-0.1, -0.05) is 30.0 Å². The number of amides is 1. The van der Waals surface area contributed by atoms with Crippen LogP contribution in [0.5, 0.6) is 11.5 Å². The molecule has 1 heterocycles. The lowest BCUT2D eigenvalue weighted by molar-refractivity contribution is 0.0997. The fourth-order valence-corrected chi connectivity index (χ4v) is 2.73. The first-order chi connectivity index (χ1) is 8.25. The third-order valence-electron chi connectivity index (χ3n) is 2.53. The third kappa shape index (κ3) is 1.66. The molecule has 0 unspecified atom stereocenters. The summed E-state index contributed by atoms with van der Waals surface area (Å²) in [6.07, 6.45) is 0. The van der Waals surface area contributed by atoms with Gasteiger partial charge in [-0.3, -0.25) is 4.79 Å². The molecule has 0 aliphatic carbocycles. The predicted molar refractivity (Wildman–Crippen MR) is 65.6 cm³/mol. The molecule has 17 heavy (non-hydrogen) atoms. The molecule has 0 atom stereocenters. The first-order valence-electron chi connectivity index (χ1n) is 5.13. The highest BCUT2D eigenvalue weighted by atomic mass is 32.2. The van der Waals surface area contributed by atoms with Crippen molar-refractivity contribution < 1.29 is 9.53 Å². The van der Waals surface area contributed by atoms with Gasteiger partial charge in [0.05, 0.1) is 15.4 Å². The van der Waals surface area contributed by atoms with Crippen LogP contribution in [0.4, 0.5) is 0 Å². The average molecular weight is 243 g/mol. The summed E-state index contributed by atoms with van der Waals surface area (Å²) in [6, 6.07) is 13.1. The number of hydrogen-bond acceptors (Lipinski definition) is 3. The molecule has 0 aromatic heterocycles. The normalized spacial score (nSPS) is 12.2. The Morgan fingerprint density at radius 1 is 1.06 bits per heavy atom. The number of ether oxygens (including phenoxy) is 1. The SMILES string of the molecule is NC(=O)c1cccc2c1Oc1ccccc1S2. The standard InChI is InChI=1S/C13H9NO2S/c14-13(15)8-4-3-7-11-12(8)16-9-5-1-2-6-10(9)17-11/h1-7H,(H2,14,15). The molecule has 0 fully saturated rings. The van der Waals surface area contributed by atoms with E-state index in [2.05, 4.69) is 0 Å². The molecule has 3 rings (SSSR count). The molecule has 0 saturated heterocycles. The van der Waals surface area contributed by atoms with Gasteiger partial charge in [0, 0.05) is 0 Å². The smallest absolute Gasteiger partial charge is 0.252 e. The Balaban J connectivity index is 2.15. The van der Waals surface area contributed by atoms with E-state index >= 15 is 0 Å². The lowest BCUT2D eigenvalue weighted by atomic mass is 10.2. The van der Waals surface area contributed by atoms with Crippen LogP contribution in [-0.2, 0) is 0 Å². The van der Waals surface area contributed by atoms with Gasteiger partial charge in [0.1, 0.15) is 5.75 Å². The molecule has 2 N–H and O–H groups in total. The molecular formula is C13H9NO2S. The van der Waals surface area contributed by atoms with Crippen LogP contribution >= 0.6 is 11.8 Å². The monoisotopic (exact) mass is 243 g/mol. The van der Waals surface area contributed by atoms with E-state index in [0.717, 1.165) is 15.5 Å². The zero-order chi connectivity index (χ0) is 11.8. The van der Waals surface area contributed by atoms with E-state index in [9.17, 15) is 4.79 Å². The summed E-state index contributed by atoms with van der Waals surface area (Å²) >= 11 is 1.58. The van der Waals surface area contributed by atoms with Gasteiger partial charge >= 0.3 is 0 Å². The van der Waals surface area contributed by atoms with Crippen LogP contribution in [-0.4, -0.2) is 5.91 Å². The highest BCUT2D eigenvalue weighted by Crippen LogP contribution is 2.47. The Labute approximate surface area is 103 Å². The number of primary amides is 1. The number of hydrogen-bond donors (Lipinski definition) is 1. The van der Waals surface area contributed by atoms with Crippen molar-refractivity contribution in [3.63, 3.8) is 0 Å². The molecule has 0 saturated carbocycles. The second-order valence-corrected chi connectivity index (χ2v) is 4.73. The maximum absolute atomic E-state index is 11.3. The van der Waals surface area contributed by atoms with E-state index in [-0.39, 0.29) is 0 Å². The number of fused-ring (bicyclic) bond motifs is 2. The molecule has 0 bridgehead atoms. The largest absolute Gasteiger partial charge is 0.454 e. The molecule has 84 valence electrons. The minimum Gasteiger partial charge on any atom is -0.454 e. The van der Waals surface area contributed by atoms with Crippen molar-refractivity contribution in [2.75, 3.05) is 0 Å². The molecule has 3 nitrogen and oxygen atoms in total. The molecule has 0 spiro atoms. The van der Waals surface area contributed by atoms with Crippen LogP contribution in [0.1, 0.15) is 10.4 Å². The molecule has 4 heteroatoms. The van der Waals surface area contributed by atoms with Crippen LogP contribution in [0.2, 0.25) is 0 Å². The van der Waals surface area contributed by atoms with E-state index in [1.807, 2.05) is 36.4 Å². The Kier molecular flexibility index (Phi) is 2.30. The number of nitrogens with two attached hydrogens (primary N) is 1. The highest BCUT2D eigenvalue weighted by Gasteiger charge is 2.21. The Morgan fingerprint density at radius 3 is 2.65 bits per heavy atom. The van der Waals surface area contributed by atoms with Crippen LogP contribution < -0.4 is 10.5 Å². The fourth-order valence-electron chi connectivity index (χ4n) is 1.74. The molecular weight excluding hydrogens is 234 g/mol.